The summed E-state index contributed by atoms with van der Waals surface area (Å²) in [6.45, 7) is 1.81. The number of aromatic amines is 1. The predicted molar refractivity (Wildman–Crippen MR) is 137 cm³/mol. The van der Waals surface area contributed by atoms with Crippen LogP contribution in [0.15, 0.2) is 83.9 Å². The molecule has 0 aliphatic carbocycles. The summed E-state index contributed by atoms with van der Waals surface area (Å²) < 4.78 is 29.4. The van der Waals surface area contributed by atoms with Crippen LogP contribution in [0.4, 0.5) is 15.9 Å². The third-order valence-electron chi connectivity index (χ3n) is 5.41. The molecule has 2 aromatic heterocycles. The SMILES string of the molecule is Cc1ccc(F)c(S(=O)Nc2ccc(-c3cnc4c(NC(=O)Cc5ccccc5)n[nH]c4n3)cc2)c1. The van der Waals surface area contributed by atoms with E-state index < -0.39 is 16.8 Å². The molecule has 1 atom stereocenters. The van der Waals surface area contributed by atoms with Crippen LogP contribution in [0, 0.1) is 12.7 Å². The van der Waals surface area contributed by atoms with Gasteiger partial charge in [0.15, 0.2) is 28.0 Å². The second-order valence-corrected chi connectivity index (χ2v) is 9.30. The molecule has 0 saturated carbocycles. The third-order valence-corrected chi connectivity index (χ3v) is 6.55. The number of hydrogen-bond acceptors (Lipinski definition) is 5. The summed E-state index contributed by atoms with van der Waals surface area (Å²) in [5.41, 5.74) is 4.53. The number of anilines is 2. The molecule has 8 nitrogen and oxygen atoms in total. The average Bonchev–Trinajstić information content (AvgIpc) is 3.28. The van der Waals surface area contributed by atoms with Crippen LogP contribution >= 0.6 is 0 Å². The van der Waals surface area contributed by atoms with E-state index in [2.05, 4.69) is 30.2 Å². The maximum Gasteiger partial charge on any atom is 0.230 e. The first-order chi connectivity index (χ1) is 17.5. The van der Waals surface area contributed by atoms with Crippen molar-refractivity contribution < 1.29 is 13.4 Å². The Labute approximate surface area is 208 Å². The minimum Gasteiger partial charge on any atom is -0.307 e. The summed E-state index contributed by atoms with van der Waals surface area (Å²) in [5, 5.41) is 9.72. The molecule has 0 bridgehead atoms. The van der Waals surface area contributed by atoms with Gasteiger partial charge in [0.25, 0.3) is 0 Å². The highest BCUT2D eigenvalue weighted by atomic mass is 32.2. The number of amides is 1. The number of aromatic nitrogens is 4. The number of nitrogens with one attached hydrogen (secondary N) is 3. The molecule has 0 spiro atoms. The molecule has 10 heteroatoms. The highest BCUT2D eigenvalue weighted by molar-refractivity contribution is 7.86. The van der Waals surface area contributed by atoms with E-state index in [0.29, 0.717) is 28.4 Å². The quantitative estimate of drug-likeness (QED) is 0.298. The van der Waals surface area contributed by atoms with E-state index in [9.17, 15) is 13.4 Å². The van der Waals surface area contributed by atoms with Crippen molar-refractivity contribution in [3.8, 4) is 11.3 Å². The van der Waals surface area contributed by atoms with Crippen LogP contribution in [0.25, 0.3) is 22.4 Å². The lowest BCUT2D eigenvalue weighted by Gasteiger charge is -2.09. The summed E-state index contributed by atoms with van der Waals surface area (Å²) in [6, 6.07) is 21.0. The number of halogens is 1. The van der Waals surface area contributed by atoms with E-state index in [4.69, 9.17) is 0 Å². The van der Waals surface area contributed by atoms with Crippen LogP contribution < -0.4 is 10.0 Å². The zero-order valence-corrected chi connectivity index (χ0v) is 20.0. The number of carbonyl (C=O) groups is 1. The van der Waals surface area contributed by atoms with Crippen molar-refractivity contribution in [3.05, 3.63) is 95.9 Å². The molecule has 0 aliphatic heterocycles. The number of rotatable bonds is 7. The minimum absolute atomic E-state index is 0.0984. The Morgan fingerprint density at radius 3 is 2.61 bits per heavy atom. The van der Waals surface area contributed by atoms with E-state index in [1.807, 2.05) is 37.3 Å². The zero-order valence-electron chi connectivity index (χ0n) is 19.2. The summed E-state index contributed by atoms with van der Waals surface area (Å²) in [4.78, 5) is 21.5. The topological polar surface area (TPSA) is 113 Å². The van der Waals surface area contributed by atoms with Gasteiger partial charge in [0, 0.05) is 11.3 Å². The molecule has 0 fully saturated rings. The lowest BCUT2D eigenvalue weighted by Crippen LogP contribution is -2.15. The van der Waals surface area contributed by atoms with E-state index in [1.54, 1.807) is 42.6 Å². The van der Waals surface area contributed by atoms with Crippen LogP contribution in [0.3, 0.4) is 0 Å². The number of hydrogen-bond donors (Lipinski definition) is 3. The van der Waals surface area contributed by atoms with E-state index in [1.165, 1.54) is 6.07 Å². The Kier molecular flexibility index (Phi) is 6.50. The number of nitrogens with zero attached hydrogens (tertiary/aromatic N) is 3. The maximum absolute atomic E-state index is 14.0. The largest absolute Gasteiger partial charge is 0.307 e. The molecule has 3 aromatic carbocycles. The van der Waals surface area contributed by atoms with Crippen LogP contribution in [0.1, 0.15) is 11.1 Å². The predicted octanol–water partition coefficient (Wildman–Crippen LogP) is 4.78. The first-order valence-corrected chi connectivity index (χ1v) is 12.2. The number of carbonyl (C=O) groups excluding carboxylic acids is 1. The number of aryl methyl sites for hydroxylation is 1. The van der Waals surface area contributed by atoms with Gasteiger partial charge >= 0.3 is 0 Å². The van der Waals surface area contributed by atoms with Gasteiger partial charge in [0.1, 0.15) is 5.82 Å². The summed E-state index contributed by atoms with van der Waals surface area (Å²) in [5.74, 6) is -0.413. The second-order valence-electron chi connectivity index (χ2n) is 8.12. The minimum atomic E-state index is -1.74. The van der Waals surface area contributed by atoms with Gasteiger partial charge in [0.2, 0.25) is 5.91 Å². The van der Waals surface area contributed by atoms with Gasteiger partial charge in [-0.05, 0) is 42.3 Å². The van der Waals surface area contributed by atoms with Gasteiger partial charge in [-0.15, -0.1) is 0 Å². The Balaban J connectivity index is 1.28. The van der Waals surface area contributed by atoms with Gasteiger partial charge in [-0.3, -0.25) is 9.89 Å². The Hall–Kier alpha value is -4.44. The maximum atomic E-state index is 14.0. The van der Waals surface area contributed by atoms with Crippen molar-refractivity contribution in [3.63, 3.8) is 0 Å². The Bertz CT molecular complexity index is 1570. The van der Waals surface area contributed by atoms with E-state index >= 15 is 0 Å². The van der Waals surface area contributed by atoms with E-state index in [-0.39, 0.29) is 17.2 Å². The van der Waals surface area contributed by atoms with Gasteiger partial charge in [-0.2, -0.15) is 5.10 Å². The average molecular weight is 501 g/mol. The van der Waals surface area contributed by atoms with Crippen LogP contribution in [0.5, 0.6) is 0 Å². The standard InChI is InChI=1S/C26H21FN6O2S/c1-16-7-12-20(27)22(13-16)36(35)33-19-10-8-18(9-11-19)21-15-28-24-25(29-21)31-32-26(24)30-23(34)14-17-5-3-2-4-6-17/h2-13,15,33H,14H2,1H3,(H2,29,30,31,32,34). The lowest BCUT2D eigenvalue weighted by molar-refractivity contribution is -0.115. The van der Waals surface area contributed by atoms with Crippen molar-refractivity contribution in [1.82, 2.24) is 20.2 Å². The van der Waals surface area contributed by atoms with Gasteiger partial charge in [-0.1, -0.05) is 48.5 Å². The third kappa shape index (κ3) is 5.13. The lowest BCUT2D eigenvalue weighted by atomic mass is 10.1. The molecule has 2 heterocycles. The van der Waals surface area contributed by atoms with Gasteiger partial charge < -0.3 is 10.0 Å². The van der Waals surface area contributed by atoms with Crippen LogP contribution in [-0.2, 0) is 22.2 Å². The molecule has 0 aliphatic rings. The molecule has 0 saturated heterocycles. The summed E-state index contributed by atoms with van der Waals surface area (Å²) in [6.07, 6.45) is 1.82. The number of fused-ring (bicyclic) bond motifs is 1. The van der Waals surface area contributed by atoms with Crippen molar-refractivity contribution in [2.45, 2.75) is 18.2 Å². The van der Waals surface area contributed by atoms with E-state index in [0.717, 1.165) is 16.7 Å². The first kappa shape index (κ1) is 23.3. The molecule has 5 rings (SSSR count). The molecule has 1 unspecified atom stereocenters. The monoisotopic (exact) mass is 500 g/mol. The summed E-state index contributed by atoms with van der Waals surface area (Å²) in [7, 11) is -1.74. The highest BCUT2D eigenvalue weighted by Crippen LogP contribution is 2.24. The first-order valence-electron chi connectivity index (χ1n) is 11.1. The normalized spacial score (nSPS) is 11.8. The van der Waals surface area contributed by atoms with Crippen molar-refractivity contribution >= 4 is 39.6 Å². The smallest absolute Gasteiger partial charge is 0.230 e. The molecular formula is C26H21FN6O2S. The number of H-pyrrole nitrogens is 1. The fraction of sp³-hybridized carbons (Fsp3) is 0.0769. The second kappa shape index (κ2) is 10.0. The highest BCUT2D eigenvalue weighted by Gasteiger charge is 2.14. The molecule has 0 radical (unpaired) electrons. The Morgan fingerprint density at radius 1 is 1.06 bits per heavy atom. The van der Waals surface area contributed by atoms with Gasteiger partial charge in [0.05, 0.1) is 23.2 Å². The molecular weight excluding hydrogens is 479 g/mol. The fourth-order valence-electron chi connectivity index (χ4n) is 3.61. The van der Waals surface area contributed by atoms with Gasteiger partial charge in [-0.25, -0.2) is 18.6 Å². The Morgan fingerprint density at radius 2 is 1.83 bits per heavy atom. The van der Waals surface area contributed by atoms with Crippen molar-refractivity contribution in [1.29, 1.82) is 0 Å². The van der Waals surface area contributed by atoms with Crippen molar-refractivity contribution in [2.75, 3.05) is 10.0 Å². The molecule has 5 aromatic rings. The summed E-state index contributed by atoms with van der Waals surface area (Å²) >= 11 is 0. The number of benzene rings is 3. The van der Waals surface area contributed by atoms with Crippen molar-refractivity contribution in [2.24, 2.45) is 0 Å². The molecule has 36 heavy (non-hydrogen) atoms. The molecule has 3 N–H and O–H groups in total. The fourth-order valence-corrected chi connectivity index (χ4v) is 4.61. The molecule has 180 valence electrons. The molecule has 1 amide bonds. The van der Waals surface area contributed by atoms with Crippen LogP contribution in [-0.4, -0.2) is 30.3 Å². The van der Waals surface area contributed by atoms with Crippen LogP contribution in [0.2, 0.25) is 0 Å². The zero-order chi connectivity index (χ0) is 25.1.